The topological polar surface area (TPSA) is 98.1 Å². The predicted molar refractivity (Wildman–Crippen MR) is 63.3 cm³/mol. The molecule has 1 unspecified atom stereocenters. The molecule has 0 fully saturated rings. The summed E-state index contributed by atoms with van der Waals surface area (Å²) in [6.45, 7) is 0.461. The SMILES string of the molecule is CC(c1ccc(O)cc1F)N(CC(=O)O)CC(=O)O. The molecule has 1 rings (SSSR count). The third-order valence-corrected chi connectivity index (χ3v) is 2.66. The average molecular weight is 271 g/mol. The van der Waals surface area contributed by atoms with Crippen LogP contribution in [0.3, 0.4) is 0 Å². The monoisotopic (exact) mass is 271 g/mol. The zero-order valence-electron chi connectivity index (χ0n) is 10.2. The van der Waals surface area contributed by atoms with Gasteiger partial charge in [0, 0.05) is 17.7 Å². The van der Waals surface area contributed by atoms with Gasteiger partial charge < -0.3 is 15.3 Å². The summed E-state index contributed by atoms with van der Waals surface area (Å²) in [5, 5.41) is 26.6. The lowest BCUT2D eigenvalue weighted by Crippen LogP contribution is -2.36. The molecule has 0 heterocycles. The zero-order valence-corrected chi connectivity index (χ0v) is 10.2. The first kappa shape index (κ1) is 14.9. The van der Waals surface area contributed by atoms with E-state index in [1.807, 2.05) is 0 Å². The Morgan fingerprint density at radius 1 is 1.26 bits per heavy atom. The van der Waals surface area contributed by atoms with E-state index in [1.54, 1.807) is 0 Å². The summed E-state index contributed by atoms with van der Waals surface area (Å²) >= 11 is 0. The summed E-state index contributed by atoms with van der Waals surface area (Å²) in [4.78, 5) is 22.5. The van der Waals surface area contributed by atoms with Crippen molar-refractivity contribution in [1.82, 2.24) is 4.90 Å². The maximum absolute atomic E-state index is 13.7. The van der Waals surface area contributed by atoms with E-state index in [0.717, 1.165) is 11.0 Å². The van der Waals surface area contributed by atoms with Gasteiger partial charge in [-0.1, -0.05) is 6.07 Å². The van der Waals surface area contributed by atoms with E-state index in [4.69, 9.17) is 15.3 Å². The molecule has 0 bridgehead atoms. The van der Waals surface area contributed by atoms with E-state index in [1.165, 1.54) is 19.1 Å². The highest BCUT2D eigenvalue weighted by atomic mass is 19.1. The fourth-order valence-electron chi connectivity index (χ4n) is 1.73. The van der Waals surface area contributed by atoms with Crippen LogP contribution in [0.4, 0.5) is 4.39 Å². The minimum atomic E-state index is -1.20. The average Bonchev–Trinajstić information content (AvgIpc) is 2.26. The molecule has 0 radical (unpaired) electrons. The van der Waals surface area contributed by atoms with Crippen LogP contribution < -0.4 is 0 Å². The van der Waals surface area contributed by atoms with Gasteiger partial charge in [0.05, 0.1) is 13.1 Å². The highest BCUT2D eigenvalue weighted by Crippen LogP contribution is 2.25. The number of hydrogen-bond donors (Lipinski definition) is 3. The van der Waals surface area contributed by atoms with Crippen molar-refractivity contribution >= 4 is 11.9 Å². The summed E-state index contributed by atoms with van der Waals surface area (Å²) < 4.78 is 13.7. The van der Waals surface area contributed by atoms with E-state index in [2.05, 4.69) is 0 Å². The molecule has 19 heavy (non-hydrogen) atoms. The molecule has 0 saturated heterocycles. The third-order valence-electron chi connectivity index (χ3n) is 2.66. The van der Waals surface area contributed by atoms with Crippen molar-refractivity contribution in [2.75, 3.05) is 13.1 Å². The molecule has 0 aliphatic rings. The number of nitrogens with zero attached hydrogens (tertiary/aromatic N) is 1. The normalized spacial score (nSPS) is 12.4. The Balaban J connectivity index is 3.00. The van der Waals surface area contributed by atoms with Gasteiger partial charge in [-0.3, -0.25) is 14.5 Å². The first-order valence-electron chi connectivity index (χ1n) is 5.47. The quantitative estimate of drug-likeness (QED) is 0.715. The Hall–Kier alpha value is -2.15. The molecular weight excluding hydrogens is 257 g/mol. The first-order valence-corrected chi connectivity index (χ1v) is 5.47. The largest absolute Gasteiger partial charge is 0.508 e. The molecule has 104 valence electrons. The molecule has 0 aliphatic heterocycles. The Kier molecular flexibility index (Phi) is 4.82. The maximum atomic E-state index is 13.7. The van der Waals surface area contributed by atoms with Gasteiger partial charge in [0.2, 0.25) is 0 Å². The Labute approximate surface area is 108 Å². The second-order valence-corrected chi connectivity index (χ2v) is 4.07. The van der Waals surface area contributed by atoms with Crippen LogP contribution >= 0.6 is 0 Å². The number of phenolic OH excluding ortho intramolecular Hbond substituents is 1. The van der Waals surface area contributed by atoms with Crippen LogP contribution in [0, 0.1) is 5.82 Å². The second kappa shape index (κ2) is 6.14. The van der Waals surface area contributed by atoms with Crippen LogP contribution in [-0.2, 0) is 9.59 Å². The number of benzene rings is 1. The van der Waals surface area contributed by atoms with Gasteiger partial charge in [-0.15, -0.1) is 0 Å². The Bertz CT molecular complexity index is 475. The van der Waals surface area contributed by atoms with Gasteiger partial charge >= 0.3 is 11.9 Å². The van der Waals surface area contributed by atoms with Gasteiger partial charge in [-0.25, -0.2) is 4.39 Å². The number of rotatable bonds is 6. The molecular formula is C12H14FNO5. The van der Waals surface area contributed by atoms with Gasteiger partial charge in [0.1, 0.15) is 11.6 Å². The van der Waals surface area contributed by atoms with Crippen molar-refractivity contribution < 1.29 is 29.3 Å². The summed E-state index contributed by atoms with van der Waals surface area (Å²) in [6, 6.07) is 2.71. The fraction of sp³-hybridized carbons (Fsp3) is 0.333. The number of hydrogen-bond acceptors (Lipinski definition) is 4. The molecule has 0 spiro atoms. The van der Waals surface area contributed by atoms with E-state index in [-0.39, 0.29) is 11.3 Å². The summed E-state index contributed by atoms with van der Waals surface area (Å²) in [5.74, 6) is -3.37. The molecule has 0 aliphatic carbocycles. The smallest absolute Gasteiger partial charge is 0.317 e. The minimum absolute atomic E-state index is 0.125. The Morgan fingerprint density at radius 2 is 1.79 bits per heavy atom. The predicted octanol–water partition coefficient (Wildman–Crippen LogP) is 1.06. The number of phenols is 1. The van der Waals surface area contributed by atoms with Gasteiger partial charge in [0.15, 0.2) is 0 Å². The van der Waals surface area contributed by atoms with E-state index >= 15 is 0 Å². The fourth-order valence-corrected chi connectivity index (χ4v) is 1.73. The third kappa shape index (κ3) is 4.22. The summed E-state index contributed by atoms with van der Waals surface area (Å²) in [6.07, 6.45) is 0. The number of carbonyl (C=O) groups is 2. The summed E-state index contributed by atoms with van der Waals surface area (Å²) in [7, 11) is 0. The molecule has 3 N–H and O–H groups in total. The lowest BCUT2D eigenvalue weighted by Gasteiger charge is -2.26. The van der Waals surface area contributed by atoms with E-state index in [9.17, 15) is 14.0 Å². The lowest BCUT2D eigenvalue weighted by atomic mass is 10.1. The van der Waals surface area contributed by atoms with Crippen LogP contribution in [0.15, 0.2) is 18.2 Å². The molecule has 0 aromatic heterocycles. The van der Waals surface area contributed by atoms with E-state index < -0.39 is 36.9 Å². The highest BCUT2D eigenvalue weighted by Gasteiger charge is 2.23. The van der Waals surface area contributed by atoms with Crippen LogP contribution in [0.1, 0.15) is 18.5 Å². The van der Waals surface area contributed by atoms with Crippen LogP contribution in [-0.4, -0.2) is 45.2 Å². The van der Waals surface area contributed by atoms with E-state index in [0.29, 0.717) is 0 Å². The Morgan fingerprint density at radius 3 is 2.21 bits per heavy atom. The maximum Gasteiger partial charge on any atom is 0.317 e. The second-order valence-electron chi connectivity index (χ2n) is 4.07. The standard InChI is InChI=1S/C12H14FNO5/c1-7(9-3-2-8(15)4-10(9)13)14(5-11(16)17)6-12(18)19/h2-4,7,15H,5-6H2,1H3,(H,16,17)(H,18,19). The number of aliphatic carboxylic acids is 2. The number of carboxylic acid groups (broad SMARTS) is 2. The summed E-state index contributed by atoms with van der Waals surface area (Å²) in [5.41, 5.74) is 0.125. The van der Waals surface area contributed by atoms with Crippen molar-refractivity contribution in [3.8, 4) is 5.75 Å². The zero-order chi connectivity index (χ0) is 14.6. The number of carboxylic acids is 2. The van der Waals surface area contributed by atoms with Crippen molar-refractivity contribution in [3.05, 3.63) is 29.6 Å². The van der Waals surface area contributed by atoms with Crippen LogP contribution in [0.2, 0.25) is 0 Å². The lowest BCUT2D eigenvalue weighted by molar-refractivity contribution is -0.142. The number of halogens is 1. The van der Waals surface area contributed by atoms with Crippen molar-refractivity contribution in [2.24, 2.45) is 0 Å². The van der Waals surface area contributed by atoms with Crippen molar-refractivity contribution in [2.45, 2.75) is 13.0 Å². The highest BCUT2D eigenvalue weighted by molar-refractivity contribution is 5.72. The van der Waals surface area contributed by atoms with Gasteiger partial charge in [0.25, 0.3) is 0 Å². The number of aromatic hydroxyl groups is 1. The molecule has 0 amide bonds. The molecule has 1 aromatic carbocycles. The van der Waals surface area contributed by atoms with Crippen LogP contribution in [0.25, 0.3) is 0 Å². The van der Waals surface area contributed by atoms with Crippen molar-refractivity contribution in [1.29, 1.82) is 0 Å². The first-order chi connectivity index (χ1) is 8.81. The molecule has 6 nitrogen and oxygen atoms in total. The molecule has 1 aromatic rings. The van der Waals surface area contributed by atoms with Crippen LogP contribution in [0.5, 0.6) is 5.75 Å². The molecule has 1 atom stereocenters. The molecule has 0 saturated carbocycles. The van der Waals surface area contributed by atoms with Gasteiger partial charge in [-0.2, -0.15) is 0 Å². The van der Waals surface area contributed by atoms with Crippen molar-refractivity contribution in [3.63, 3.8) is 0 Å². The minimum Gasteiger partial charge on any atom is -0.508 e. The molecule has 7 heteroatoms. The van der Waals surface area contributed by atoms with Gasteiger partial charge in [-0.05, 0) is 13.0 Å².